The zero-order valence-electron chi connectivity index (χ0n) is 28.6. The normalized spacial score (nSPS) is 19.8. The first-order valence-electron chi connectivity index (χ1n) is 16.0. The van der Waals surface area contributed by atoms with Crippen molar-refractivity contribution in [3.8, 4) is 0 Å². The minimum absolute atomic E-state index is 0.0338. The van der Waals surface area contributed by atoms with Gasteiger partial charge < -0.3 is 40.2 Å². The van der Waals surface area contributed by atoms with Crippen molar-refractivity contribution in [3.63, 3.8) is 0 Å². The van der Waals surface area contributed by atoms with Gasteiger partial charge in [-0.15, -0.1) is 0 Å². The van der Waals surface area contributed by atoms with Gasteiger partial charge in [0.05, 0.1) is 13.2 Å². The van der Waals surface area contributed by atoms with Crippen LogP contribution in [0.25, 0.3) is 0 Å². The molecule has 3 rings (SSSR count). The van der Waals surface area contributed by atoms with E-state index < -0.39 is 54.1 Å². The lowest BCUT2D eigenvalue weighted by molar-refractivity contribution is -0.172. The van der Waals surface area contributed by atoms with Crippen LogP contribution in [0.5, 0.6) is 0 Å². The Balaban J connectivity index is 2.04. The molecule has 47 heavy (non-hydrogen) atoms. The van der Waals surface area contributed by atoms with Crippen molar-refractivity contribution in [1.82, 2.24) is 21.3 Å². The van der Waals surface area contributed by atoms with E-state index >= 15 is 0 Å². The van der Waals surface area contributed by atoms with Crippen LogP contribution in [-0.4, -0.2) is 80.0 Å². The maximum absolute atomic E-state index is 14.1. The third-order valence-corrected chi connectivity index (χ3v) is 7.81. The summed E-state index contributed by atoms with van der Waals surface area (Å²) in [7, 11) is 2.99. The first kappa shape index (κ1) is 37.6. The number of carbonyl (C=O) groups is 4. The lowest BCUT2D eigenvalue weighted by atomic mass is 9.98. The number of rotatable bonds is 16. The number of benzene rings is 2. The topological polar surface area (TPSA) is 153 Å². The van der Waals surface area contributed by atoms with Crippen LogP contribution in [0.1, 0.15) is 52.7 Å². The minimum atomic E-state index is -1.33. The number of hydrogen-bond donors (Lipinski definition) is 4. The molecule has 4 amide bonds. The van der Waals surface area contributed by atoms with Crippen molar-refractivity contribution in [2.45, 2.75) is 97.0 Å². The fourth-order valence-electron chi connectivity index (χ4n) is 5.30. The summed E-state index contributed by atoms with van der Waals surface area (Å²) < 4.78 is 25.2. The molecule has 1 aliphatic rings. The highest BCUT2D eigenvalue weighted by molar-refractivity contribution is 5.91. The van der Waals surface area contributed by atoms with Crippen LogP contribution >= 0.6 is 0 Å². The molecule has 1 heterocycles. The average molecular weight is 655 g/mol. The molecule has 0 aliphatic carbocycles. The molecule has 0 aromatic heterocycles. The Kier molecular flexibility index (Phi) is 13.9. The van der Waals surface area contributed by atoms with Gasteiger partial charge in [0.15, 0.2) is 18.0 Å². The number of ether oxygens (including phenoxy) is 4. The summed E-state index contributed by atoms with van der Waals surface area (Å²) in [5, 5.41) is 10.8. The van der Waals surface area contributed by atoms with Crippen LogP contribution in [0.2, 0.25) is 0 Å². The molecule has 1 fully saturated rings. The summed E-state index contributed by atoms with van der Waals surface area (Å²) in [6.07, 6.45) is -4.97. The van der Waals surface area contributed by atoms with Crippen molar-refractivity contribution in [2.24, 2.45) is 11.8 Å². The summed E-state index contributed by atoms with van der Waals surface area (Å²) >= 11 is 0. The second kappa shape index (κ2) is 17.4. The predicted octanol–water partition coefficient (Wildman–Crippen LogP) is 2.45. The fourth-order valence-corrected chi connectivity index (χ4v) is 5.30. The molecular formula is C35H50N4O8. The number of carbonyl (C=O) groups excluding carboxylic acids is 4. The van der Waals surface area contributed by atoms with E-state index in [-0.39, 0.29) is 36.9 Å². The van der Waals surface area contributed by atoms with Gasteiger partial charge in [0.2, 0.25) is 11.8 Å². The van der Waals surface area contributed by atoms with Crippen molar-refractivity contribution < 1.29 is 38.1 Å². The van der Waals surface area contributed by atoms with E-state index in [1.165, 1.54) is 14.1 Å². The zero-order chi connectivity index (χ0) is 34.7. The highest BCUT2D eigenvalue weighted by atomic mass is 16.8. The predicted molar refractivity (Wildman–Crippen MR) is 176 cm³/mol. The van der Waals surface area contributed by atoms with Crippen LogP contribution < -0.4 is 21.3 Å². The van der Waals surface area contributed by atoms with Crippen molar-refractivity contribution in [2.75, 3.05) is 14.1 Å². The van der Waals surface area contributed by atoms with Gasteiger partial charge in [-0.1, -0.05) is 88.4 Å². The van der Waals surface area contributed by atoms with Crippen LogP contribution in [0.3, 0.4) is 0 Å². The lowest BCUT2D eigenvalue weighted by Crippen LogP contribution is -2.59. The van der Waals surface area contributed by atoms with E-state index in [4.69, 9.17) is 18.9 Å². The van der Waals surface area contributed by atoms with Gasteiger partial charge in [-0.2, -0.15) is 0 Å². The Hall–Kier alpha value is -3.84. The summed E-state index contributed by atoms with van der Waals surface area (Å²) in [6.45, 7) is 10.7. The third-order valence-electron chi connectivity index (χ3n) is 7.81. The SMILES string of the molecule is CNC(=O)[C@@H](NC(=O)[C@H](OCc1ccccc1)[C@H]1OC(C)(C)O[C@@H]1[C@@H](OCc1ccccc1)C(=O)N[C@H](C(=O)NC)C(C)C)C(C)C. The molecule has 0 saturated carbocycles. The Morgan fingerprint density at radius 1 is 0.638 bits per heavy atom. The number of likely N-dealkylation sites (N-methyl/N-ethyl adjacent to an activating group) is 2. The van der Waals surface area contributed by atoms with Crippen LogP contribution in [0.15, 0.2) is 60.7 Å². The molecule has 4 N–H and O–H groups in total. The molecule has 2 aromatic rings. The molecule has 0 spiro atoms. The first-order chi connectivity index (χ1) is 22.3. The standard InChI is InChI=1S/C35H50N4O8/c1-21(2)25(31(40)36-7)38-33(42)29(44-19-23-15-11-9-12-16-23)27-28(47-35(5,6)46-27)30(45-20-24-17-13-10-14-18-24)34(43)39-26(22(3)4)32(41)37-8/h9-18,21-22,25-30H,19-20H2,1-8H3,(H,36,40)(H,37,41)(H,38,42)(H,39,43)/t25-,26-,27-,28-,29+,30+/m0/s1. The molecular weight excluding hydrogens is 604 g/mol. The van der Waals surface area contributed by atoms with Crippen molar-refractivity contribution >= 4 is 23.6 Å². The molecule has 0 bridgehead atoms. The Bertz CT molecular complexity index is 1220. The molecule has 0 unspecified atom stereocenters. The van der Waals surface area contributed by atoms with E-state index in [2.05, 4.69) is 21.3 Å². The molecule has 6 atom stereocenters. The Labute approximate surface area is 277 Å². The molecule has 0 radical (unpaired) electrons. The highest BCUT2D eigenvalue weighted by Gasteiger charge is 2.54. The fraction of sp³-hybridized carbons (Fsp3) is 0.543. The van der Waals surface area contributed by atoms with E-state index in [1.807, 2.05) is 88.4 Å². The van der Waals surface area contributed by atoms with E-state index in [0.29, 0.717) is 0 Å². The van der Waals surface area contributed by atoms with Crippen molar-refractivity contribution in [3.05, 3.63) is 71.8 Å². The number of hydrogen-bond acceptors (Lipinski definition) is 8. The second-order valence-corrected chi connectivity index (χ2v) is 12.7. The van der Waals surface area contributed by atoms with Gasteiger partial charge in [0.25, 0.3) is 11.8 Å². The summed E-state index contributed by atoms with van der Waals surface area (Å²) in [4.78, 5) is 53.5. The minimum Gasteiger partial charge on any atom is -0.361 e. The smallest absolute Gasteiger partial charge is 0.252 e. The maximum Gasteiger partial charge on any atom is 0.252 e. The van der Waals surface area contributed by atoms with Gasteiger partial charge in [-0.3, -0.25) is 19.2 Å². The van der Waals surface area contributed by atoms with Crippen LogP contribution in [0.4, 0.5) is 0 Å². The van der Waals surface area contributed by atoms with Crippen molar-refractivity contribution in [1.29, 1.82) is 0 Å². The van der Waals surface area contributed by atoms with E-state index in [9.17, 15) is 19.2 Å². The van der Waals surface area contributed by atoms with Crippen LogP contribution in [-0.2, 0) is 51.3 Å². The largest absolute Gasteiger partial charge is 0.361 e. The second-order valence-electron chi connectivity index (χ2n) is 12.7. The average Bonchev–Trinajstić information content (AvgIpc) is 3.36. The third kappa shape index (κ3) is 10.6. The van der Waals surface area contributed by atoms with Gasteiger partial charge in [0.1, 0.15) is 24.3 Å². The molecule has 12 nitrogen and oxygen atoms in total. The van der Waals surface area contributed by atoms with E-state index in [0.717, 1.165) is 11.1 Å². The van der Waals surface area contributed by atoms with Gasteiger partial charge in [-0.25, -0.2) is 0 Å². The lowest BCUT2D eigenvalue weighted by Gasteiger charge is -2.32. The molecule has 12 heteroatoms. The Morgan fingerprint density at radius 3 is 1.28 bits per heavy atom. The highest BCUT2D eigenvalue weighted by Crippen LogP contribution is 2.35. The molecule has 258 valence electrons. The quantitative estimate of drug-likeness (QED) is 0.215. The van der Waals surface area contributed by atoms with Gasteiger partial charge in [-0.05, 0) is 36.8 Å². The number of amides is 4. The van der Waals surface area contributed by atoms with E-state index in [1.54, 1.807) is 13.8 Å². The Morgan fingerprint density at radius 2 is 0.979 bits per heavy atom. The first-order valence-corrected chi connectivity index (χ1v) is 16.0. The summed E-state index contributed by atoms with van der Waals surface area (Å²) in [5.41, 5.74) is 1.60. The molecule has 1 aliphatic heterocycles. The zero-order valence-corrected chi connectivity index (χ0v) is 28.6. The number of nitrogens with one attached hydrogen (secondary N) is 4. The van der Waals surface area contributed by atoms with Crippen LogP contribution in [0, 0.1) is 11.8 Å². The maximum atomic E-state index is 14.1. The van der Waals surface area contributed by atoms with Gasteiger partial charge >= 0.3 is 0 Å². The monoisotopic (exact) mass is 654 g/mol. The molecule has 1 saturated heterocycles. The summed E-state index contributed by atoms with van der Waals surface area (Å²) in [5.74, 6) is -3.71. The molecule has 2 aromatic carbocycles. The van der Waals surface area contributed by atoms with Gasteiger partial charge in [0, 0.05) is 14.1 Å². The summed E-state index contributed by atoms with van der Waals surface area (Å²) in [6, 6.07) is 16.8.